The zero-order chi connectivity index (χ0) is 22.0. The van der Waals surface area contributed by atoms with E-state index in [0.29, 0.717) is 25.4 Å². The molecule has 1 aliphatic rings. The highest BCUT2D eigenvalue weighted by atomic mass is 16.6. The van der Waals surface area contributed by atoms with Gasteiger partial charge in [-0.2, -0.15) is 0 Å². The molecule has 1 aliphatic heterocycles. The topological polar surface area (TPSA) is 106 Å². The molecule has 1 fully saturated rings. The fourth-order valence-corrected chi connectivity index (χ4v) is 2.73. The van der Waals surface area contributed by atoms with Gasteiger partial charge < -0.3 is 25.4 Å². The summed E-state index contributed by atoms with van der Waals surface area (Å²) < 4.78 is 10.4. The summed E-state index contributed by atoms with van der Waals surface area (Å²) in [6.07, 6.45) is 2.84. The van der Waals surface area contributed by atoms with E-state index in [-0.39, 0.29) is 24.8 Å². The fourth-order valence-electron chi connectivity index (χ4n) is 2.73. The van der Waals surface area contributed by atoms with Gasteiger partial charge in [-0.25, -0.2) is 4.79 Å². The van der Waals surface area contributed by atoms with E-state index >= 15 is 0 Å². The summed E-state index contributed by atoms with van der Waals surface area (Å²) in [4.78, 5) is 35.5. The Morgan fingerprint density at radius 1 is 1.07 bits per heavy atom. The van der Waals surface area contributed by atoms with Crippen molar-refractivity contribution in [1.82, 2.24) is 10.6 Å². The smallest absolute Gasteiger partial charge is 0.407 e. The molecule has 0 saturated carbocycles. The molecular weight excluding hydrogens is 386 g/mol. The molecule has 3 N–H and O–H groups in total. The van der Waals surface area contributed by atoms with Crippen LogP contribution in [0.2, 0.25) is 0 Å². The van der Waals surface area contributed by atoms with Crippen LogP contribution in [0.3, 0.4) is 0 Å². The van der Waals surface area contributed by atoms with Crippen molar-refractivity contribution >= 4 is 23.6 Å². The molecule has 8 nitrogen and oxygen atoms in total. The van der Waals surface area contributed by atoms with Crippen molar-refractivity contribution in [3.8, 4) is 0 Å². The van der Waals surface area contributed by atoms with Gasteiger partial charge in [-0.05, 0) is 51.3 Å². The monoisotopic (exact) mass is 417 g/mol. The van der Waals surface area contributed by atoms with Crippen molar-refractivity contribution in [1.29, 1.82) is 0 Å². The first-order chi connectivity index (χ1) is 14.2. The van der Waals surface area contributed by atoms with Crippen LogP contribution in [0.5, 0.6) is 0 Å². The molecule has 1 saturated heterocycles. The minimum absolute atomic E-state index is 0.148. The molecule has 0 atom stereocenters. The van der Waals surface area contributed by atoms with Crippen molar-refractivity contribution in [3.63, 3.8) is 0 Å². The highest BCUT2D eigenvalue weighted by Crippen LogP contribution is 2.14. The van der Waals surface area contributed by atoms with Crippen LogP contribution in [0.1, 0.15) is 45.6 Å². The number of ether oxygens (including phenoxy) is 2. The maximum atomic E-state index is 12.1. The van der Waals surface area contributed by atoms with Gasteiger partial charge in [0.2, 0.25) is 11.8 Å². The second-order valence-electron chi connectivity index (χ2n) is 8.06. The summed E-state index contributed by atoms with van der Waals surface area (Å²) in [5.74, 6) is -0.322. The average Bonchev–Trinajstić information content (AvgIpc) is 2.67. The summed E-state index contributed by atoms with van der Waals surface area (Å²) in [6, 6.07) is 7.28. The highest BCUT2D eigenvalue weighted by molar-refractivity contribution is 5.99. The third-order valence-electron chi connectivity index (χ3n) is 4.20. The molecule has 1 aromatic rings. The van der Waals surface area contributed by atoms with E-state index in [9.17, 15) is 14.4 Å². The second kappa shape index (κ2) is 11.3. The molecule has 0 unspecified atom stereocenters. The van der Waals surface area contributed by atoms with Crippen LogP contribution < -0.4 is 16.0 Å². The van der Waals surface area contributed by atoms with Gasteiger partial charge in [0, 0.05) is 31.3 Å². The number of nitrogens with one attached hydrogen (secondary N) is 3. The Morgan fingerprint density at radius 2 is 1.73 bits per heavy atom. The zero-order valence-electron chi connectivity index (χ0n) is 17.9. The first-order valence-electron chi connectivity index (χ1n) is 10.1. The number of carbonyl (C=O) groups excluding carboxylic acids is 3. The van der Waals surface area contributed by atoms with Crippen LogP contribution >= 0.6 is 0 Å². The number of hydrogen-bond donors (Lipinski definition) is 3. The van der Waals surface area contributed by atoms with Gasteiger partial charge in [0.1, 0.15) is 5.60 Å². The molecule has 30 heavy (non-hydrogen) atoms. The maximum absolute atomic E-state index is 12.1. The van der Waals surface area contributed by atoms with Crippen molar-refractivity contribution < 1.29 is 23.9 Å². The van der Waals surface area contributed by atoms with E-state index in [1.165, 1.54) is 0 Å². The molecule has 3 amide bonds. The minimum Gasteiger partial charge on any atom is -0.444 e. The van der Waals surface area contributed by atoms with Gasteiger partial charge in [0.05, 0.1) is 13.2 Å². The van der Waals surface area contributed by atoms with Gasteiger partial charge in [-0.1, -0.05) is 17.7 Å². The number of rotatable bonds is 7. The lowest BCUT2D eigenvalue weighted by atomic mass is 10.1. The number of amides is 3. The lowest BCUT2D eigenvalue weighted by Gasteiger charge is -2.19. The Kier molecular flexibility index (Phi) is 8.86. The molecule has 1 heterocycles. The first kappa shape index (κ1) is 23.4. The fraction of sp³-hybridized carbons (Fsp3) is 0.500. The van der Waals surface area contributed by atoms with E-state index in [2.05, 4.69) is 16.0 Å². The zero-order valence-corrected chi connectivity index (χ0v) is 17.9. The van der Waals surface area contributed by atoms with Crippen molar-refractivity contribution in [3.05, 3.63) is 41.5 Å². The maximum Gasteiger partial charge on any atom is 0.407 e. The molecule has 0 spiro atoms. The SMILES string of the molecule is CC(C)(C)OC(=O)NCCC(=O)NCc1ccc(NC(=O)C=C2CCOCC2)cc1. The van der Waals surface area contributed by atoms with Gasteiger partial charge >= 0.3 is 6.09 Å². The molecule has 0 aromatic heterocycles. The van der Waals surface area contributed by atoms with Crippen LogP contribution in [-0.2, 0) is 25.6 Å². The quantitative estimate of drug-likeness (QED) is 0.592. The largest absolute Gasteiger partial charge is 0.444 e. The summed E-state index contributed by atoms with van der Waals surface area (Å²) in [5.41, 5.74) is 2.13. The summed E-state index contributed by atoms with van der Waals surface area (Å²) in [5, 5.41) is 8.19. The van der Waals surface area contributed by atoms with Crippen molar-refractivity contribution in [2.75, 3.05) is 25.1 Å². The van der Waals surface area contributed by atoms with E-state index in [1.54, 1.807) is 39.0 Å². The van der Waals surface area contributed by atoms with E-state index in [1.807, 2.05) is 12.1 Å². The van der Waals surface area contributed by atoms with Crippen LogP contribution in [-0.4, -0.2) is 43.3 Å². The summed E-state index contributed by atoms with van der Waals surface area (Å²) >= 11 is 0. The number of alkyl carbamates (subject to hydrolysis) is 1. The van der Waals surface area contributed by atoms with Gasteiger partial charge in [-0.3, -0.25) is 9.59 Å². The minimum atomic E-state index is -0.570. The predicted octanol–water partition coefficient (Wildman–Crippen LogP) is 2.89. The lowest BCUT2D eigenvalue weighted by Crippen LogP contribution is -2.35. The molecule has 0 aliphatic carbocycles. The number of hydrogen-bond acceptors (Lipinski definition) is 5. The Bertz CT molecular complexity index is 758. The Morgan fingerprint density at radius 3 is 2.37 bits per heavy atom. The van der Waals surface area contributed by atoms with E-state index in [4.69, 9.17) is 9.47 Å². The molecule has 8 heteroatoms. The Labute approximate surface area is 177 Å². The third-order valence-corrected chi connectivity index (χ3v) is 4.20. The summed E-state index contributed by atoms with van der Waals surface area (Å²) in [7, 11) is 0. The number of anilines is 1. The van der Waals surface area contributed by atoms with Crippen LogP contribution in [0.25, 0.3) is 0 Å². The number of carbonyl (C=O) groups is 3. The summed E-state index contributed by atoms with van der Waals surface area (Å²) in [6.45, 7) is 7.22. The van der Waals surface area contributed by atoms with Crippen molar-refractivity contribution in [2.24, 2.45) is 0 Å². The standard InChI is InChI=1S/C22H31N3O5/c1-22(2,3)30-21(28)23-11-8-19(26)24-15-17-4-6-18(7-5-17)25-20(27)14-16-9-12-29-13-10-16/h4-7,14H,8-13,15H2,1-3H3,(H,23,28)(H,24,26)(H,25,27). The molecule has 2 rings (SSSR count). The van der Waals surface area contributed by atoms with Gasteiger partial charge in [0.15, 0.2) is 0 Å². The van der Waals surface area contributed by atoms with Crippen molar-refractivity contribution in [2.45, 2.75) is 52.2 Å². The van der Waals surface area contributed by atoms with Crippen LogP contribution in [0.4, 0.5) is 10.5 Å². The van der Waals surface area contributed by atoms with E-state index in [0.717, 1.165) is 24.0 Å². The molecule has 1 aromatic carbocycles. The Hall–Kier alpha value is -2.87. The number of benzene rings is 1. The lowest BCUT2D eigenvalue weighted by molar-refractivity contribution is -0.121. The molecule has 0 radical (unpaired) electrons. The second-order valence-corrected chi connectivity index (χ2v) is 8.06. The molecule has 0 bridgehead atoms. The van der Waals surface area contributed by atoms with E-state index < -0.39 is 11.7 Å². The average molecular weight is 418 g/mol. The predicted molar refractivity (Wildman–Crippen MR) is 114 cm³/mol. The first-order valence-corrected chi connectivity index (χ1v) is 10.1. The Balaban J connectivity index is 1.68. The van der Waals surface area contributed by atoms with Gasteiger partial charge in [0.25, 0.3) is 0 Å². The third kappa shape index (κ3) is 9.56. The normalized spacial score (nSPS) is 13.9. The van der Waals surface area contributed by atoms with Crippen LogP contribution in [0, 0.1) is 0 Å². The van der Waals surface area contributed by atoms with Gasteiger partial charge in [-0.15, -0.1) is 0 Å². The molecule has 164 valence electrons. The van der Waals surface area contributed by atoms with Crippen LogP contribution in [0.15, 0.2) is 35.9 Å². The molecular formula is C22H31N3O5. The highest BCUT2D eigenvalue weighted by Gasteiger charge is 2.15.